The Hall–Kier alpha value is -7.92. The third-order valence-electron chi connectivity index (χ3n) is 16.5. The van der Waals surface area contributed by atoms with Crippen molar-refractivity contribution in [3.8, 4) is 5.75 Å². The number of rotatable bonds is 49. The summed E-state index contributed by atoms with van der Waals surface area (Å²) in [6, 6.07) is -14.7. The standard InChI is InChI=1S/C65H108N16O20S3/c1-33(2)27-40(68)54(90)71-41(13-8-10-23-66)56(92)77-47(31-102)61(97)75-45(28-38-16-18-39(86)19-17-38)58(94)80-52(37(6)85)64(100)78-48(32-103)60(96)72-42(14-9-11-24-67)55(91)74-44(20-21-50(87)88)65(101)81-25-12-15-49(81)62(98)73-43(22-26-104-7)57(93)79-51(36(5)84)63(99)76-46(30-83)59(95)70-35(4)53(89)69-34(3)29-82/h16-19,29,33-37,40-49,51-52,83-86,102-103H,8-15,20-28,30-32,66-68H2,1-7H3,(H,69,89)(H,70,95)(H,71,90)(H,72,96)(H,73,98)(H,74,91)(H,75,97)(H,76,99)(H,77,92)(H,78,100)(H,79,93)(H,80,94)(H,87,88)/t34-,35-,36+,37+,40-,41-,42-,43-,44-,45-,46-,47-,48-,49-,51-,52-/m0/s1. The van der Waals surface area contributed by atoms with Crippen molar-refractivity contribution in [2.45, 2.75) is 222 Å². The molecule has 23 N–H and O–H groups in total. The van der Waals surface area contributed by atoms with Crippen LogP contribution in [0.1, 0.15) is 124 Å². The number of carbonyl (C=O) groups excluding carboxylic acids is 14. The number of benzene rings is 1. The molecule has 36 nitrogen and oxygen atoms in total. The molecule has 104 heavy (non-hydrogen) atoms. The average molecular weight is 1530 g/mol. The van der Waals surface area contributed by atoms with Gasteiger partial charge in [0, 0.05) is 30.9 Å². The lowest BCUT2D eigenvalue weighted by Crippen LogP contribution is -2.62. The summed E-state index contributed by atoms with van der Waals surface area (Å²) in [4.78, 5) is 204. The molecule has 1 aliphatic heterocycles. The van der Waals surface area contributed by atoms with Gasteiger partial charge in [-0.15, -0.1) is 0 Å². The zero-order valence-electron chi connectivity index (χ0n) is 59.7. The van der Waals surface area contributed by atoms with Crippen molar-refractivity contribution in [2.75, 3.05) is 49.8 Å². The van der Waals surface area contributed by atoms with E-state index in [2.05, 4.69) is 89.1 Å². The first-order chi connectivity index (χ1) is 49.1. The molecule has 16 atom stereocenters. The lowest BCUT2D eigenvalue weighted by Gasteiger charge is -2.31. The van der Waals surface area contributed by atoms with E-state index in [4.69, 9.17) is 17.2 Å². The van der Waals surface area contributed by atoms with Gasteiger partial charge in [-0.25, -0.2) is 0 Å². The highest BCUT2D eigenvalue weighted by atomic mass is 32.2. The van der Waals surface area contributed by atoms with Gasteiger partial charge in [0.1, 0.15) is 84.5 Å². The molecule has 586 valence electrons. The summed E-state index contributed by atoms with van der Waals surface area (Å²) in [6.45, 7) is 7.99. The van der Waals surface area contributed by atoms with Crippen molar-refractivity contribution in [3.63, 3.8) is 0 Å². The molecule has 1 aromatic rings. The molecule has 1 aromatic carbocycles. The molecule has 1 aliphatic rings. The first-order valence-electron chi connectivity index (χ1n) is 34.4. The number of thiol groups is 2. The van der Waals surface area contributed by atoms with Crippen molar-refractivity contribution < 1.29 is 97.5 Å². The van der Waals surface area contributed by atoms with Crippen LogP contribution in [0.25, 0.3) is 0 Å². The van der Waals surface area contributed by atoms with E-state index < -0.39 is 205 Å². The number of carboxylic acid groups (broad SMARTS) is 1. The van der Waals surface area contributed by atoms with Gasteiger partial charge in [-0.2, -0.15) is 37.0 Å². The van der Waals surface area contributed by atoms with Gasteiger partial charge in [0.15, 0.2) is 0 Å². The Morgan fingerprint density at radius 3 is 1.47 bits per heavy atom. The number of phenolic OH excluding ortho intramolecular Hbond substituents is 1. The van der Waals surface area contributed by atoms with Gasteiger partial charge in [-0.1, -0.05) is 26.0 Å². The largest absolute Gasteiger partial charge is 0.508 e. The van der Waals surface area contributed by atoms with Crippen LogP contribution in [0.15, 0.2) is 24.3 Å². The highest BCUT2D eigenvalue weighted by molar-refractivity contribution is 7.98. The number of unbranched alkanes of at least 4 members (excludes halogenated alkanes) is 2. The lowest BCUT2D eigenvalue weighted by atomic mass is 10.0. The molecule has 0 saturated carbocycles. The van der Waals surface area contributed by atoms with Crippen LogP contribution in [0, 0.1) is 5.92 Å². The minimum Gasteiger partial charge on any atom is -0.508 e. The number of aldehydes is 1. The molecule has 1 saturated heterocycles. The van der Waals surface area contributed by atoms with E-state index in [1.54, 1.807) is 6.26 Å². The number of aliphatic hydroxyl groups excluding tert-OH is 3. The Morgan fingerprint density at radius 1 is 0.558 bits per heavy atom. The number of carbonyl (C=O) groups is 15. The van der Waals surface area contributed by atoms with Crippen molar-refractivity contribution in [1.29, 1.82) is 0 Å². The molecular weight excluding hydrogens is 1420 g/mol. The number of phenols is 1. The number of aliphatic carboxylic acids is 1. The summed E-state index contributed by atoms with van der Waals surface area (Å²) < 4.78 is 0. The van der Waals surface area contributed by atoms with E-state index in [1.807, 2.05) is 13.8 Å². The van der Waals surface area contributed by atoms with Crippen molar-refractivity contribution >= 4 is 126 Å². The fraction of sp³-hybridized carbons (Fsp3) is 0.677. The molecule has 39 heteroatoms. The molecule has 2 rings (SSSR count). The van der Waals surface area contributed by atoms with Crippen molar-refractivity contribution in [1.82, 2.24) is 68.7 Å². The Kier molecular flexibility index (Phi) is 42.7. The number of nitrogens with zero attached hydrogens (tertiary/aromatic N) is 1. The van der Waals surface area contributed by atoms with Crippen LogP contribution >= 0.6 is 37.0 Å². The Bertz CT molecular complexity index is 3030. The van der Waals surface area contributed by atoms with Crippen LogP contribution in [-0.4, -0.2) is 266 Å². The van der Waals surface area contributed by atoms with E-state index in [9.17, 15) is 97.5 Å². The zero-order valence-corrected chi connectivity index (χ0v) is 62.3. The van der Waals surface area contributed by atoms with Crippen molar-refractivity contribution in [2.24, 2.45) is 23.1 Å². The molecule has 1 heterocycles. The Balaban J connectivity index is 2.42. The van der Waals surface area contributed by atoms with Crippen LogP contribution in [-0.2, 0) is 78.3 Å². The molecule has 0 spiro atoms. The maximum absolute atomic E-state index is 14.6. The van der Waals surface area contributed by atoms with Crippen LogP contribution in [0.3, 0.4) is 0 Å². The normalized spacial score (nSPS) is 17.0. The van der Waals surface area contributed by atoms with E-state index >= 15 is 0 Å². The minimum absolute atomic E-state index is 0.00725. The van der Waals surface area contributed by atoms with Gasteiger partial charge < -0.3 is 116 Å². The van der Waals surface area contributed by atoms with Gasteiger partial charge in [0.25, 0.3) is 0 Å². The number of thioether (sulfide) groups is 1. The van der Waals surface area contributed by atoms with Crippen LogP contribution in [0.5, 0.6) is 5.75 Å². The summed E-state index contributed by atoms with van der Waals surface area (Å²) >= 11 is 9.81. The number of hydrogen-bond donors (Lipinski definition) is 22. The Morgan fingerprint density at radius 2 is 1.00 bits per heavy atom. The van der Waals surface area contributed by atoms with E-state index in [0.717, 1.165) is 18.7 Å². The molecule has 13 amide bonds. The molecule has 0 unspecified atom stereocenters. The lowest BCUT2D eigenvalue weighted by molar-refractivity contribution is -0.144. The van der Waals surface area contributed by atoms with E-state index in [-0.39, 0.29) is 81.2 Å². The summed E-state index contributed by atoms with van der Waals surface area (Å²) in [5.74, 6) is -14.4. The quantitative estimate of drug-likeness (QED) is 0.0164. The second-order valence-electron chi connectivity index (χ2n) is 25.7. The van der Waals surface area contributed by atoms with E-state index in [1.165, 1.54) is 49.9 Å². The molecule has 0 radical (unpaired) electrons. The van der Waals surface area contributed by atoms with Crippen molar-refractivity contribution in [3.05, 3.63) is 29.8 Å². The summed E-state index contributed by atoms with van der Waals surface area (Å²) in [5.41, 5.74) is 17.9. The highest BCUT2D eigenvalue weighted by Crippen LogP contribution is 2.22. The van der Waals surface area contributed by atoms with Gasteiger partial charge >= 0.3 is 5.97 Å². The van der Waals surface area contributed by atoms with Gasteiger partial charge in [-0.3, -0.25) is 67.1 Å². The second-order valence-corrected chi connectivity index (χ2v) is 27.4. The number of nitrogens with one attached hydrogen (secondary N) is 12. The number of carboxylic acids is 1. The first-order valence-corrected chi connectivity index (χ1v) is 37.0. The molecule has 0 aromatic heterocycles. The topological polar surface area (TPSA) is 583 Å². The maximum Gasteiger partial charge on any atom is 0.303 e. The predicted molar refractivity (Wildman–Crippen MR) is 388 cm³/mol. The average Bonchev–Trinajstić information content (AvgIpc) is 1.61. The fourth-order valence-corrected chi connectivity index (χ4v) is 11.6. The van der Waals surface area contributed by atoms with E-state index in [0.29, 0.717) is 44.1 Å². The summed E-state index contributed by atoms with van der Waals surface area (Å²) in [5, 5.41) is 80.9. The summed E-state index contributed by atoms with van der Waals surface area (Å²) in [6.07, 6.45) is -0.883. The molecule has 1 fully saturated rings. The predicted octanol–water partition coefficient (Wildman–Crippen LogP) is -6.16. The number of nitrogens with two attached hydrogens (primary N) is 3. The van der Waals surface area contributed by atoms with Crippen LogP contribution < -0.4 is 81.0 Å². The number of likely N-dealkylation sites (tertiary alicyclic amines) is 1. The number of aromatic hydroxyl groups is 1. The third kappa shape index (κ3) is 32.2. The van der Waals surface area contributed by atoms with Gasteiger partial charge in [0.2, 0.25) is 76.8 Å². The minimum atomic E-state index is -1.87. The smallest absolute Gasteiger partial charge is 0.303 e. The van der Waals surface area contributed by atoms with Crippen LogP contribution in [0.4, 0.5) is 0 Å². The first kappa shape index (κ1) is 92.2. The second kappa shape index (κ2) is 48.2. The monoisotopic (exact) mass is 1530 g/mol. The third-order valence-corrected chi connectivity index (χ3v) is 17.8. The molecule has 0 bridgehead atoms. The number of amides is 13. The number of aliphatic hydroxyl groups is 3. The molecular formula is C65H108N16O20S3. The molecule has 0 aliphatic carbocycles. The van der Waals surface area contributed by atoms with Gasteiger partial charge in [-0.05, 0) is 147 Å². The highest BCUT2D eigenvalue weighted by Gasteiger charge is 2.42. The maximum atomic E-state index is 14.6. The van der Waals surface area contributed by atoms with Gasteiger partial charge in [0.05, 0.1) is 30.9 Å². The van der Waals surface area contributed by atoms with Crippen LogP contribution in [0.2, 0.25) is 0 Å². The Labute approximate surface area is 619 Å². The zero-order chi connectivity index (χ0) is 78.5. The summed E-state index contributed by atoms with van der Waals surface area (Å²) in [7, 11) is 0. The fourth-order valence-electron chi connectivity index (χ4n) is 10.6. The number of hydrogen-bond acceptors (Lipinski definition) is 25. The SMILES string of the molecule is CSCC[C@H](NC(=O)[C@@H]1CCCN1C(=O)[C@H](CCC(=O)O)NC(=O)[C@H](CCCCN)NC(=O)[C@H](CS)NC(=O)[C@@H](NC(=O)[C@H](Cc1ccc(O)cc1)NC(=O)[C@H](CS)NC(=O)[C@H](CCCCN)NC(=O)[C@@H](N)CC(C)C)[C@@H](C)O)C(=O)N[C@H](C(=O)N[C@@H](CO)C(=O)N[C@@H](C)C(=O)N[C@@H](C)C=O)[C@@H](C)O.